The first-order valence-corrected chi connectivity index (χ1v) is 12.3. The van der Waals surface area contributed by atoms with Crippen LogP contribution in [0.25, 0.3) is 0 Å². The van der Waals surface area contributed by atoms with Crippen LogP contribution < -0.4 is 10.6 Å². The summed E-state index contributed by atoms with van der Waals surface area (Å²) in [6, 6.07) is 7.40. The number of hydrogen-bond donors (Lipinski definition) is 0. The van der Waals surface area contributed by atoms with E-state index in [4.69, 9.17) is 11.6 Å². The second-order valence-corrected chi connectivity index (χ2v) is 9.99. The summed E-state index contributed by atoms with van der Waals surface area (Å²) in [5.74, 6) is 0.758. The van der Waals surface area contributed by atoms with Gasteiger partial charge in [-0.3, -0.25) is 14.2 Å². The number of aryl methyl sites for hydroxylation is 1. The van der Waals surface area contributed by atoms with Gasteiger partial charge < -0.3 is 9.80 Å². The summed E-state index contributed by atoms with van der Waals surface area (Å²) in [5.41, 5.74) is 0.751. The molecule has 176 valence electrons. The molecule has 8 nitrogen and oxygen atoms in total. The lowest BCUT2D eigenvalue weighted by Crippen LogP contribution is -2.42. The summed E-state index contributed by atoms with van der Waals surface area (Å²) in [7, 11) is 1.72. The fourth-order valence-electron chi connectivity index (χ4n) is 5.64. The highest BCUT2D eigenvalue weighted by Gasteiger charge is 2.39. The van der Waals surface area contributed by atoms with Crippen molar-refractivity contribution in [1.82, 2.24) is 19.2 Å². The van der Waals surface area contributed by atoms with Crippen LogP contribution >= 0.6 is 11.6 Å². The number of anilines is 1. The molecule has 1 unspecified atom stereocenters. The number of carbonyl (C=O) groups is 2. The van der Waals surface area contributed by atoms with Crippen LogP contribution in [0.4, 0.5) is 5.69 Å². The molecule has 9 heteroatoms. The Morgan fingerprint density at radius 3 is 2.36 bits per heavy atom. The van der Waals surface area contributed by atoms with Crippen LogP contribution in [0.1, 0.15) is 62.7 Å². The summed E-state index contributed by atoms with van der Waals surface area (Å²) in [6.45, 7) is 1.66. The van der Waals surface area contributed by atoms with Gasteiger partial charge in [0.2, 0.25) is 11.8 Å². The monoisotopic (exact) mass is 471 g/mol. The van der Waals surface area contributed by atoms with Crippen molar-refractivity contribution in [3.63, 3.8) is 0 Å². The average Bonchev–Trinajstić information content (AvgIpc) is 3.54. The first-order chi connectivity index (χ1) is 15.9. The predicted octanol–water partition coefficient (Wildman–Crippen LogP) is 3.11. The van der Waals surface area contributed by atoms with Crippen LogP contribution in [0.3, 0.4) is 0 Å². The van der Waals surface area contributed by atoms with Crippen LogP contribution in [0.5, 0.6) is 0 Å². The largest absolute Gasteiger partial charge is 0.345 e. The van der Waals surface area contributed by atoms with E-state index in [9.17, 15) is 14.4 Å². The number of rotatable bonds is 4. The van der Waals surface area contributed by atoms with Crippen molar-refractivity contribution in [1.29, 1.82) is 0 Å². The Labute approximate surface area is 198 Å². The van der Waals surface area contributed by atoms with Crippen molar-refractivity contribution >= 4 is 29.1 Å². The second-order valence-electron chi connectivity index (χ2n) is 9.55. The molecule has 2 saturated heterocycles. The molecule has 0 N–H and O–H groups in total. The Bertz CT molecular complexity index is 1090. The van der Waals surface area contributed by atoms with Gasteiger partial charge in [0.25, 0.3) is 0 Å². The fraction of sp³-hybridized carbons (Fsp3) is 0.583. The van der Waals surface area contributed by atoms with Gasteiger partial charge in [-0.15, -0.1) is 0 Å². The minimum atomic E-state index is -0.323. The maximum Gasteiger partial charge on any atom is 0.345 e. The maximum absolute atomic E-state index is 13.2. The average molecular weight is 472 g/mol. The van der Waals surface area contributed by atoms with Gasteiger partial charge in [0.05, 0.1) is 5.92 Å². The molecule has 33 heavy (non-hydrogen) atoms. The molecule has 1 aliphatic carbocycles. The molecule has 1 aromatic heterocycles. The molecule has 5 rings (SSSR count). The third-order valence-electron chi connectivity index (χ3n) is 7.46. The first kappa shape index (κ1) is 22.2. The Balaban J connectivity index is 1.23. The highest BCUT2D eigenvalue weighted by atomic mass is 35.5. The van der Waals surface area contributed by atoms with Gasteiger partial charge in [-0.2, -0.15) is 5.10 Å². The van der Waals surface area contributed by atoms with Crippen molar-refractivity contribution < 1.29 is 9.59 Å². The molecular formula is C24H30ClN5O3. The van der Waals surface area contributed by atoms with Gasteiger partial charge >= 0.3 is 5.69 Å². The second kappa shape index (κ2) is 8.97. The van der Waals surface area contributed by atoms with Crippen molar-refractivity contribution in [2.45, 2.75) is 56.9 Å². The van der Waals surface area contributed by atoms with Gasteiger partial charge in [0, 0.05) is 55.8 Å². The zero-order chi connectivity index (χ0) is 23.1. The van der Waals surface area contributed by atoms with Crippen molar-refractivity contribution in [3.8, 4) is 0 Å². The highest BCUT2D eigenvalue weighted by Crippen LogP contribution is 2.34. The number of carbonyl (C=O) groups excluding carboxylic acids is 2. The van der Waals surface area contributed by atoms with Gasteiger partial charge in [0.1, 0.15) is 5.82 Å². The predicted molar refractivity (Wildman–Crippen MR) is 125 cm³/mol. The molecule has 3 aliphatic rings. The zero-order valence-electron chi connectivity index (χ0n) is 19.0. The van der Waals surface area contributed by atoms with Crippen LogP contribution in [0.2, 0.25) is 5.02 Å². The molecule has 1 aromatic carbocycles. The molecule has 3 fully saturated rings. The van der Waals surface area contributed by atoms with E-state index < -0.39 is 0 Å². The normalized spacial score (nSPS) is 22.5. The number of halogens is 1. The van der Waals surface area contributed by atoms with Crippen LogP contribution in [0, 0.1) is 5.92 Å². The van der Waals surface area contributed by atoms with E-state index in [1.54, 1.807) is 24.1 Å². The van der Waals surface area contributed by atoms with E-state index in [0.717, 1.165) is 50.0 Å². The molecule has 0 spiro atoms. The number of piperidine rings is 1. The lowest BCUT2D eigenvalue weighted by atomic mass is 9.94. The molecule has 2 amide bonds. The quantitative estimate of drug-likeness (QED) is 0.686. The SMILES string of the molecule is Cn1nc(C2CCN(C(=O)C3CC(=O)N(c4ccc(Cl)cc4)C3)CC2)n(C2CCCC2)c1=O. The third kappa shape index (κ3) is 4.21. The summed E-state index contributed by atoms with van der Waals surface area (Å²) < 4.78 is 3.38. The maximum atomic E-state index is 13.2. The lowest BCUT2D eigenvalue weighted by molar-refractivity contribution is -0.136. The van der Waals surface area contributed by atoms with E-state index in [0.29, 0.717) is 24.7 Å². The van der Waals surface area contributed by atoms with Gasteiger partial charge in [0.15, 0.2) is 0 Å². The van der Waals surface area contributed by atoms with Crippen LogP contribution in [-0.4, -0.2) is 50.7 Å². The number of hydrogen-bond acceptors (Lipinski definition) is 4. The van der Waals surface area contributed by atoms with Gasteiger partial charge in [-0.05, 0) is 49.9 Å². The van der Waals surface area contributed by atoms with Gasteiger partial charge in [-0.25, -0.2) is 9.48 Å². The lowest BCUT2D eigenvalue weighted by Gasteiger charge is -2.33. The molecule has 0 bridgehead atoms. The van der Waals surface area contributed by atoms with E-state index in [1.807, 2.05) is 21.6 Å². The number of aromatic nitrogens is 3. The topological polar surface area (TPSA) is 80.4 Å². The van der Waals surface area contributed by atoms with Gasteiger partial charge in [-0.1, -0.05) is 24.4 Å². The first-order valence-electron chi connectivity index (χ1n) is 11.9. The molecule has 1 atom stereocenters. The van der Waals surface area contributed by atoms with E-state index in [1.165, 1.54) is 4.68 Å². The number of likely N-dealkylation sites (tertiary alicyclic amines) is 1. The smallest absolute Gasteiger partial charge is 0.342 e. The standard InChI is InChI=1S/C24H30ClN5O3/c1-27-24(33)30(20-4-2-3-5-20)22(26-27)16-10-12-28(13-11-16)23(32)17-14-21(31)29(15-17)19-8-6-18(25)7-9-19/h6-9,16-17,20H,2-5,10-15H2,1H3. The van der Waals surface area contributed by atoms with Crippen molar-refractivity contribution in [2.75, 3.05) is 24.5 Å². The Morgan fingerprint density at radius 2 is 1.70 bits per heavy atom. The summed E-state index contributed by atoms with van der Waals surface area (Å²) >= 11 is 5.96. The van der Waals surface area contributed by atoms with E-state index in [2.05, 4.69) is 5.10 Å². The summed E-state index contributed by atoms with van der Waals surface area (Å²) in [4.78, 5) is 42.1. The van der Waals surface area contributed by atoms with Crippen LogP contribution in [-0.2, 0) is 16.6 Å². The van der Waals surface area contributed by atoms with Crippen molar-refractivity contribution in [3.05, 3.63) is 45.6 Å². The molecular weight excluding hydrogens is 442 g/mol. The highest BCUT2D eigenvalue weighted by molar-refractivity contribution is 6.30. The Morgan fingerprint density at radius 1 is 1.03 bits per heavy atom. The molecule has 0 radical (unpaired) electrons. The Hall–Kier alpha value is -2.61. The number of amides is 2. The molecule has 1 saturated carbocycles. The number of nitrogens with zero attached hydrogens (tertiary/aromatic N) is 5. The minimum Gasteiger partial charge on any atom is -0.342 e. The summed E-state index contributed by atoms with van der Waals surface area (Å²) in [6.07, 6.45) is 6.21. The van der Waals surface area contributed by atoms with Crippen molar-refractivity contribution in [2.24, 2.45) is 13.0 Å². The molecule has 3 heterocycles. The number of benzene rings is 1. The van der Waals surface area contributed by atoms with E-state index >= 15 is 0 Å². The Kier molecular flexibility index (Phi) is 6.03. The van der Waals surface area contributed by atoms with Crippen LogP contribution in [0.15, 0.2) is 29.1 Å². The summed E-state index contributed by atoms with van der Waals surface area (Å²) in [5, 5.41) is 5.21. The third-order valence-corrected chi connectivity index (χ3v) is 7.71. The molecule has 2 aliphatic heterocycles. The fourth-order valence-corrected chi connectivity index (χ4v) is 5.77. The zero-order valence-corrected chi connectivity index (χ0v) is 19.7. The molecule has 2 aromatic rings. The minimum absolute atomic E-state index is 0.0258. The van der Waals surface area contributed by atoms with E-state index in [-0.39, 0.29) is 41.8 Å².